The lowest BCUT2D eigenvalue weighted by Gasteiger charge is -2.56. The number of nitrogens with two attached hydrogens (primary N) is 1. The maximum Gasteiger partial charge on any atom is 0.225 e. The van der Waals surface area contributed by atoms with E-state index in [0.29, 0.717) is 44.1 Å². The Hall–Kier alpha value is -3.14. The van der Waals surface area contributed by atoms with Gasteiger partial charge in [-0.15, -0.1) is 0 Å². The summed E-state index contributed by atoms with van der Waals surface area (Å²) in [5.41, 5.74) is 11.0. The maximum absolute atomic E-state index is 14.2. The highest BCUT2D eigenvalue weighted by Gasteiger charge is 2.67. The van der Waals surface area contributed by atoms with Crippen molar-refractivity contribution in [1.82, 2.24) is 5.32 Å². The van der Waals surface area contributed by atoms with Crippen molar-refractivity contribution in [2.45, 2.75) is 129 Å². The quantitative estimate of drug-likeness (QED) is 0.0942. The van der Waals surface area contributed by atoms with E-state index in [1.165, 1.54) is 5.57 Å². The maximum atomic E-state index is 14.2. The summed E-state index contributed by atoms with van der Waals surface area (Å²) in [6.07, 6.45) is 12.5. The molecule has 3 aliphatic carbocycles. The van der Waals surface area contributed by atoms with E-state index in [9.17, 15) is 30.0 Å². The van der Waals surface area contributed by atoms with Crippen molar-refractivity contribution in [2.24, 2.45) is 28.9 Å². The number of ketones is 1. The Morgan fingerprint density at radius 3 is 2.67 bits per heavy atom. The monoisotopic (exact) mass is 700 g/mol. The second-order valence-corrected chi connectivity index (χ2v) is 16.1. The van der Waals surface area contributed by atoms with Crippen LogP contribution in [0.25, 0.3) is 0 Å². The van der Waals surface area contributed by atoms with Gasteiger partial charge in [0.05, 0.1) is 24.2 Å². The third-order valence-electron chi connectivity index (χ3n) is 12.6. The normalized spacial score (nSPS) is 33.8. The molecule has 51 heavy (non-hydrogen) atoms. The molecule has 0 saturated heterocycles. The zero-order valence-corrected chi connectivity index (χ0v) is 31.1. The van der Waals surface area contributed by atoms with Gasteiger partial charge in [-0.1, -0.05) is 72.2 Å². The summed E-state index contributed by atoms with van der Waals surface area (Å²) in [7, 11) is 0. The summed E-state index contributed by atoms with van der Waals surface area (Å²) in [6.45, 7) is 12.0. The summed E-state index contributed by atoms with van der Waals surface area (Å²) in [5.74, 6) is -0.877. The molecule has 3 saturated carbocycles. The van der Waals surface area contributed by atoms with Crippen LogP contribution in [0.15, 0.2) is 76.9 Å². The summed E-state index contributed by atoms with van der Waals surface area (Å²) in [4.78, 5) is 26.5. The lowest BCUT2D eigenvalue weighted by Crippen LogP contribution is -2.59. The topological polar surface area (TPSA) is 153 Å². The van der Waals surface area contributed by atoms with Crippen molar-refractivity contribution < 1.29 is 30.0 Å². The molecule has 0 unspecified atom stereocenters. The molecule has 7 N–H and O–H groups in total. The number of hydrogen-bond donors (Lipinski definition) is 6. The van der Waals surface area contributed by atoms with E-state index in [0.717, 1.165) is 59.1 Å². The molecule has 0 bridgehead atoms. The molecular weight excluding hydrogens is 640 g/mol. The molecule has 1 heterocycles. The highest BCUT2D eigenvalue weighted by atomic mass is 16.3. The molecule has 3 fully saturated rings. The summed E-state index contributed by atoms with van der Waals surface area (Å²) in [6, 6.07) is 5.64. The number of benzene rings is 1. The van der Waals surface area contributed by atoms with Crippen LogP contribution in [0.3, 0.4) is 0 Å². The van der Waals surface area contributed by atoms with Gasteiger partial charge in [-0.3, -0.25) is 9.59 Å². The zero-order valence-electron chi connectivity index (χ0n) is 31.1. The lowest BCUT2D eigenvalue weighted by molar-refractivity contribution is -0.168. The van der Waals surface area contributed by atoms with Gasteiger partial charge in [0.25, 0.3) is 0 Å². The number of fused-ring (bicyclic) bond motifs is 2. The fourth-order valence-corrected chi connectivity index (χ4v) is 9.91. The molecule has 1 amide bonds. The second-order valence-electron chi connectivity index (χ2n) is 16.1. The molecule has 5 rings (SSSR count). The number of aliphatic hydroxyl groups excluding tert-OH is 3. The molecule has 8 nitrogen and oxygen atoms in total. The van der Waals surface area contributed by atoms with Gasteiger partial charge in [-0.25, -0.2) is 0 Å². The molecule has 1 aromatic rings. The van der Waals surface area contributed by atoms with Gasteiger partial charge in [0.2, 0.25) is 5.91 Å². The second kappa shape index (κ2) is 16.3. The Morgan fingerprint density at radius 1 is 1.18 bits per heavy atom. The third-order valence-corrected chi connectivity index (χ3v) is 12.6. The average Bonchev–Trinajstić information content (AvgIpc) is 3.26. The highest BCUT2D eigenvalue weighted by molar-refractivity contribution is 5.97. The fraction of sp³-hybridized carbons (Fsp3) is 0.581. The van der Waals surface area contributed by atoms with Crippen LogP contribution >= 0.6 is 0 Å². The minimum absolute atomic E-state index is 0.0391. The number of amides is 1. The third kappa shape index (κ3) is 7.96. The molecule has 1 aliphatic heterocycles. The van der Waals surface area contributed by atoms with E-state index in [-0.39, 0.29) is 48.9 Å². The summed E-state index contributed by atoms with van der Waals surface area (Å²) < 4.78 is 0. The largest absolute Gasteiger partial charge is 0.396 e. The Labute approximate surface area is 304 Å². The predicted octanol–water partition coefficient (Wildman–Crippen LogP) is 5.99. The van der Waals surface area contributed by atoms with Crippen LogP contribution in [-0.2, 0) is 22.4 Å². The van der Waals surface area contributed by atoms with Gasteiger partial charge < -0.3 is 31.5 Å². The van der Waals surface area contributed by atoms with Gasteiger partial charge >= 0.3 is 0 Å². The smallest absolute Gasteiger partial charge is 0.225 e. The first-order chi connectivity index (χ1) is 24.2. The lowest BCUT2D eigenvalue weighted by atomic mass is 9.52. The van der Waals surface area contributed by atoms with Gasteiger partial charge in [0.15, 0.2) is 5.78 Å². The van der Waals surface area contributed by atoms with Gasteiger partial charge in [0, 0.05) is 24.4 Å². The first-order valence-corrected chi connectivity index (χ1v) is 19.0. The SMILES string of the molecule is C=C(/C=C/C=C1\[C@H]2[C@H](CCC[C@H]1O)C[C@@]1([C@H](CCCO)/C(=C(\C)C(=O)Cc3cccc4c3CC(=O)N[C@H]4N)CC[C@@]1(C)O)[C@@H]2O)CCC=C(C)C. The number of aliphatic hydroxyl groups is 4. The van der Waals surface area contributed by atoms with Crippen LogP contribution in [0.5, 0.6) is 0 Å². The number of allylic oxidation sites excluding steroid dienone is 8. The van der Waals surface area contributed by atoms with Crippen LogP contribution in [-0.4, -0.2) is 56.5 Å². The Bertz CT molecular complexity index is 1610. The summed E-state index contributed by atoms with van der Waals surface area (Å²) in [5, 5.41) is 49.3. The van der Waals surface area contributed by atoms with E-state index in [1.807, 2.05) is 50.3 Å². The zero-order chi connectivity index (χ0) is 37.1. The fourth-order valence-electron chi connectivity index (χ4n) is 9.91. The Morgan fingerprint density at radius 2 is 1.94 bits per heavy atom. The van der Waals surface area contributed by atoms with Crippen molar-refractivity contribution in [3.05, 3.63) is 93.6 Å². The Kier molecular flexibility index (Phi) is 12.5. The van der Waals surface area contributed by atoms with E-state index >= 15 is 0 Å². The number of hydrogen-bond acceptors (Lipinski definition) is 7. The minimum Gasteiger partial charge on any atom is -0.396 e. The van der Waals surface area contributed by atoms with Gasteiger partial charge in [0.1, 0.15) is 6.17 Å². The molecule has 0 aromatic heterocycles. The van der Waals surface area contributed by atoms with E-state index in [4.69, 9.17) is 5.73 Å². The van der Waals surface area contributed by atoms with Crippen molar-refractivity contribution >= 4 is 11.7 Å². The molecular formula is C43H60N2O6. The minimum atomic E-state index is -1.24. The van der Waals surface area contributed by atoms with Crippen LogP contribution in [0, 0.1) is 23.2 Å². The number of carbonyl (C=O) groups is 2. The molecule has 8 atom stereocenters. The van der Waals surface area contributed by atoms with Crippen molar-refractivity contribution in [3.8, 4) is 0 Å². The van der Waals surface area contributed by atoms with E-state index in [1.54, 1.807) is 0 Å². The van der Waals surface area contributed by atoms with E-state index in [2.05, 4.69) is 31.8 Å². The van der Waals surface area contributed by atoms with Crippen molar-refractivity contribution in [3.63, 3.8) is 0 Å². The van der Waals surface area contributed by atoms with Gasteiger partial charge in [-0.05, 0) is 125 Å². The Balaban J connectivity index is 1.50. The molecule has 4 aliphatic rings. The number of nitrogens with one attached hydrogen (secondary N) is 1. The molecule has 1 aromatic carbocycles. The molecule has 0 radical (unpaired) electrons. The molecule has 1 spiro atoms. The van der Waals surface area contributed by atoms with Crippen LogP contribution in [0.2, 0.25) is 0 Å². The molecule has 8 heteroatoms. The molecule has 278 valence electrons. The number of carbonyl (C=O) groups excluding carboxylic acids is 2. The highest BCUT2D eigenvalue weighted by Crippen LogP contribution is 2.66. The van der Waals surface area contributed by atoms with Crippen LogP contribution < -0.4 is 11.1 Å². The number of rotatable bonds is 11. The van der Waals surface area contributed by atoms with E-state index < -0.39 is 29.4 Å². The first-order valence-electron chi connectivity index (χ1n) is 19.0. The van der Waals surface area contributed by atoms with Crippen molar-refractivity contribution in [1.29, 1.82) is 0 Å². The van der Waals surface area contributed by atoms with Crippen LogP contribution in [0.1, 0.15) is 115 Å². The summed E-state index contributed by atoms with van der Waals surface area (Å²) >= 11 is 0. The number of Topliss-reactive ketones (excluding diaryl/α,β-unsaturated/α-hetero) is 1. The van der Waals surface area contributed by atoms with Crippen LogP contribution in [0.4, 0.5) is 0 Å². The van der Waals surface area contributed by atoms with Gasteiger partial charge in [-0.2, -0.15) is 0 Å². The average molecular weight is 701 g/mol. The van der Waals surface area contributed by atoms with Crippen molar-refractivity contribution in [2.75, 3.05) is 6.61 Å². The first kappa shape index (κ1) is 39.1. The predicted molar refractivity (Wildman–Crippen MR) is 201 cm³/mol. The standard InChI is InChI=1S/C43H60N2O6/c1-26(2)11-6-12-27(3)13-7-17-33-36(47)19-9-15-30-25-43(40(50)39(30)33)35(18-10-22-46)31(20-21-42(43,5)51)28(4)37(48)23-29-14-8-16-32-34(29)24-38(49)45-41(32)44/h7-8,11,13-14,16-17,30,35-36,39-41,46-47,50-51H,3,6,9-10,12,15,18-25,44H2,1-2,4-5H3,(H,45,49)/b13-7+,31-28+,33-17-/t30-,35-,36-,39-,40-,41-,42-,43-/m1/s1.